The highest BCUT2D eigenvalue weighted by molar-refractivity contribution is 5.92. The van der Waals surface area contributed by atoms with E-state index in [1.165, 1.54) is 12.8 Å². The topological polar surface area (TPSA) is 58.9 Å². The van der Waals surface area contributed by atoms with E-state index in [0.717, 1.165) is 24.5 Å². The molecule has 15 heavy (non-hydrogen) atoms. The molecule has 0 amide bonds. The molecule has 0 unspecified atom stereocenters. The fraction of sp³-hybridized carbons (Fsp3) is 0.818. The van der Waals surface area contributed by atoms with Crippen molar-refractivity contribution in [3.05, 3.63) is 0 Å². The predicted octanol–water partition coefficient (Wildman–Crippen LogP) is 2.04. The molecule has 2 aliphatic rings. The molecule has 1 aliphatic heterocycles. The summed E-state index contributed by atoms with van der Waals surface area (Å²) in [5.41, 5.74) is 0.967. The summed E-state index contributed by atoms with van der Waals surface area (Å²) in [7, 11) is 0. The minimum absolute atomic E-state index is 0.457. The zero-order valence-corrected chi connectivity index (χ0v) is 8.98. The van der Waals surface area contributed by atoms with E-state index in [2.05, 4.69) is 12.1 Å². The zero-order chi connectivity index (χ0) is 10.8. The Morgan fingerprint density at radius 2 is 2.33 bits per heavy atom. The summed E-state index contributed by atoms with van der Waals surface area (Å²) in [6.07, 6.45) is 4.52. The molecule has 0 saturated heterocycles. The molecule has 0 bridgehead atoms. The van der Waals surface area contributed by atoms with E-state index in [4.69, 9.17) is 9.94 Å². The standard InChI is InChI=1S/C11H17NO3/c1-7-3-2-4-8(5-7)9-6-10(11(13)14)15-12-9/h7-8,10H,2-6H2,1H3,(H,13,14)/t7-,8-,10+/m1/s1. The van der Waals surface area contributed by atoms with Crippen LogP contribution in [0.2, 0.25) is 0 Å². The molecule has 1 fully saturated rings. The lowest BCUT2D eigenvalue weighted by molar-refractivity contribution is -0.148. The average molecular weight is 211 g/mol. The van der Waals surface area contributed by atoms with Gasteiger partial charge in [0.1, 0.15) is 0 Å². The van der Waals surface area contributed by atoms with Crippen LogP contribution >= 0.6 is 0 Å². The lowest BCUT2D eigenvalue weighted by atomic mass is 9.79. The first kappa shape index (κ1) is 10.5. The van der Waals surface area contributed by atoms with Crippen molar-refractivity contribution in [2.75, 3.05) is 0 Å². The number of hydrogen-bond acceptors (Lipinski definition) is 3. The van der Waals surface area contributed by atoms with Crippen molar-refractivity contribution < 1.29 is 14.7 Å². The van der Waals surface area contributed by atoms with Gasteiger partial charge in [-0.2, -0.15) is 0 Å². The van der Waals surface area contributed by atoms with Gasteiger partial charge in [0.05, 0.1) is 5.71 Å². The largest absolute Gasteiger partial charge is 0.478 e. The van der Waals surface area contributed by atoms with Gasteiger partial charge in [-0.3, -0.25) is 0 Å². The zero-order valence-electron chi connectivity index (χ0n) is 8.98. The number of carboxylic acid groups (broad SMARTS) is 1. The highest BCUT2D eigenvalue weighted by Gasteiger charge is 2.33. The van der Waals surface area contributed by atoms with E-state index >= 15 is 0 Å². The second kappa shape index (κ2) is 4.21. The fourth-order valence-electron chi connectivity index (χ4n) is 2.51. The quantitative estimate of drug-likeness (QED) is 0.760. The highest BCUT2D eigenvalue weighted by Crippen LogP contribution is 2.32. The van der Waals surface area contributed by atoms with Crippen LogP contribution in [-0.4, -0.2) is 22.9 Å². The first-order chi connectivity index (χ1) is 7.16. The average Bonchev–Trinajstić information content (AvgIpc) is 2.66. The van der Waals surface area contributed by atoms with E-state index in [0.29, 0.717) is 12.3 Å². The maximum Gasteiger partial charge on any atom is 0.348 e. The molecule has 2 rings (SSSR count). The van der Waals surface area contributed by atoms with Gasteiger partial charge in [-0.05, 0) is 18.8 Å². The molecule has 0 radical (unpaired) electrons. The van der Waals surface area contributed by atoms with Gasteiger partial charge in [0.15, 0.2) is 0 Å². The summed E-state index contributed by atoms with van der Waals surface area (Å²) in [4.78, 5) is 15.6. The molecule has 0 aromatic rings. The first-order valence-electron chi connectivity index (χ1n) is 5.62. The summed E-state index contributed by atoms with van der Waals surface area (Å²) in [6, 6.07) is 0. The number of oxime groups is 1. The third-order valence-electron chi connectivity index (χ3n) is 3.37. The molecule has 1 aliphatic carbocycles. The van der Waals surface area contributed by atoms with E-state index in [1.54, 1.807) is 0 Å². The second-order valence-electron chi connectivity index (χ2n) is 4.69. The van der Waals surface area contributed by atoms with Gasteiger partial charge in [-0.25, -0.2) is 4.79 Å². The van der Waals surface area contributed by atoms with Gasteiger partial charge in [-0.1, -0.05) is 24.9 Å². The normalized spacial score (nSPS) is 35.8. The Hall–Kier alpha value is -1.06. The summed E-state index contributed by atoms with van der Waals surface area (Å²) >= 11 is 0. The van der Waals surface area contributed by atoms with Crippen LogP contribution in [0.15, 0.2) is 5.16 Å². The SMILES string of the molecule is C[C@@H]1CCC[C@@H](C2=NO[C@H](C(=O)O)C2)C1. The molecular formula is C11H17NO3. The Balaban J connectivity index is 1.92. The lowest BCUT2D eigenvalue weighted by Crippen LogP contribution is -2.25. The van der Waals surface area contributed by atoms with Gasteiger partial charge >= 0.3 is 5.97 Å². The molecule has 1 saturated carbocycles. The highest BCUT2D eigenvalue weighted by atomic mass is 16.7. The van der Waals surface area contributed by atoms with E-state index < -0.39 is 12.1 Å². The van der Waals surface area contributed by atoms with Crippen molar-refractivity contribution in [1.29, 1.82) is 0 Å². The van der Waals surface area contributed by atoms with Crippen LogP contribution < -0.4 is 0 Å². The minimum Gasteiger partial charge on any atom is -0.478 e. The molecule has 84 valence electrons. The third kappa shape index (κ3) is 2.30. The predicted molar refractivity (Wildman–Crippen MR) is 55.7 cm³/mol. The Labute approximate surface area is 89.3 Å². The van der Waals surface area contributed by atoms with E-state index in [-0.39, 0.29) is 0 Å². The van der Waals surface area contributed by atoms with Gasteiger partial charge in [0, 0.05) is 12.3 Å². The second-order valence-corrected chi connectivity index (χ2v) is 4.69. The Kier molecular flexibility index (Phi) is 2.93. The van der Waals surface area contributed by atoms with Crippen molar-refractivity contribution in [2.24, 2.45) is 17.0 Å². The molecule has 0 spiro atoms. The van der Waals surface area contributed by atoms with Crippen LogP contribution in [0, 0.1) is 11.8 Å². The van der Waals surface area contributed by atoms with E-state index in [9.17, 15) is 4.79 Å². The fourth-order valence-corrected chi connectivity index (χ4v) is 2.51. The van der Waals surface area contributed by atoms with Crippen molar-refractivity contribution in [1.82, 2.24) is 0 Å². The molecule has 0 aromatic carbocycles. The van der Waals surface area contributed by atoms with Crippen molar-refractivity contribution in [3.63, 3.8) is 0 Å². The summed E-state index contributed by atoms with van der Waals surface area (Å²) in [5.74, 6) is 0.283. The van der Waals surface area contributed by atoms with Crippen molar-refractivity contribution >= 4 is 11.7 Å². The maximum atomic E-state index is 10.7. The lowest BCUT2D eigenvalue weighted by Gasteiger charge is -2.25. The number of carbonyl (C=O) groups is 1. The molecule has 1 heterocycles. The van der Waals surface area contributed by atoms with Crippen molar-refractivity contribution in [3.8, 4) is 0 Å². The van der Waals surface area contributed by atoms with Gasteiger partial charge in [0.25, 0.3) is 0 Å². The summed E-state index contributed by atoms with van der Waals surface area (Å²) in [5, 5.41) is 12.7. The van der Waals surface area contributed by atoms with E-state index in [1.807, 2.05) is 0 Å². The van der Waals surface area contributed by atoms with Crippen LogP contribution in [0.3, 0.4) is 0 Å². The molecule has 4 heteroatoms. The molecular weight excluding hydrogens is 194 g/mol. The smallest absolute Gasteiger partial charge is 0.348 e. The third-order valence-corrected chi connectivity index (χ3v) is 3.37. The number of hydrogen-bond donors (Lipinski definition) is 1. The molecule has 0 aromatic heterocycles. The number of nitrogens with zero attached hydrogens (tertiary/aromatic N) is 1. The van der Waals surface area contributed by atoms with Gasteiger partial charge in [-0.15, -0.1) is 0 Å². The van der Waals surface area contributed by atoms with Crippen LogP contribution in [-0.2, 0) is 9.63 Å². The van der Waals surface area contributed by atoms with Crippen LogP contribution in [0.25, 0.3) is 0 Å². The van der Waals surface area contributed by atoms with Crippen LogP contribution in [0.5, 0.6) is 0 Å². The van der Waals surface area contributed by atoms with Gasteiger partial charge < -0.3 is 9.94 Å². The number of aliphatic carboxylic acids is 1. The monoisotopic (exact) mass is 211 g/mol. The number of rotatable bonds is 2. The Morgan fingerprint density at radius 3 is 2.93 bits per heavy atom. The van der Waals surface area contributed by atoms with Crippen LogP contribution in [0.4, 0.5) is 0 Å². The summed E-state index contributed by atoms with van der Waals surface area (Å²) < 4.78 is 0. The molecule has 4 nitrogen and oxygen atoms in total. The first-order valence-corrected chi connectivity index (χ1v) is 5.62. The summed E-state index contributed by atoms with van der Waals surface area (Å²) in [6.45, 7) is 2.25. The number of carboxylic acids is 1. The molecule has 3 atom stereocenters. The Bertz CT molecular complexity index is 288. The molecule has 1 N–H and O–H groups in total. The van der Waals surface area contributed by atoms with Crippen LogP contribution in [0.1, 0.15) is 39.0 Å². The van der Waals surface area contributed by atoms with Gasteiger partial charge in [0.2, 0.25) is 6.10 Å². The Morgan fingerprint density at radius 1 is 1.53 bits per heavy atom. The van der Waals surface area contributed by atoms with Crippen molar-refractivity contribution in [2.45, 2.75) is 45.1 Å². The maximum absolute atomic E-state index is 10.7. The minimum atomic E-state index is -0.905.